The minimum Gasteiger partial charge on any atom is -0.268 e. The minimum atomic E-state index is -5.90. The molecular formula is C16H9F7N2O3S. The summed E-state index contributed by atoms with van der Waals surface area (Å²) in [4.78, 5) is 15.8. The van der Waals surface area contributed by atoms with Gasteiger partial charge in [0.05, 0.1) is 16.5 Å². The van der Waals surface area contributed by atoms with Crippen LogP contribution in [0, 0.1) is 5.82 Å². The van der Waals surface area contributed by atoms with Crippen molar-refractivity contribution in [2.75, 3.05) is 0 Å². The van der Waals surface area contributed by atoms with Gasteiger partial charge in [0.1, 0.15) is 5.82 Å². The molecule has 0 unspecified atom stereocenters. The maximum atomic E-state index is 13.3. The SMILES string of the molecule is O=C(c1ccc(F)cc1C(F)(F)F)N(C(F)(F)F)S(=O)(=O)/C=C/c1cccnc1. The van der Waals surface area contributed by atoms with Gasteiger partial charge >= 0.3 is 12.5 Å². The molecular weight excluding hydrogens is 433 g/mol. The van der Waals surface area contributed by atoms with Crippen molar-refractivity contribution in [2.45, 2.75) is 12.5 Å². The number of rotatable bonds is 4. The van der Waals surface area contributed by atoms with E-state index in [1.807, 2.05) is 0 Å². The Morgan fingerprint density at radius 3 is 2.24 bits per heavy atom. The molecule has 1 amide bonds. The molecule has 0 radical (unpaired) electrons. The number of sulfonamides is 1. The molecule has 1 heterocycles. The Morgan fingerprint density at radius 1 is 1.07 bits per heavy atom. The highest BCUT2D eigenvalue weighted by Crippen LogP contribution is 2.35. The van der Waals surface area contributed by atoms with Crippen molar-refractivity contribution in [1.82, 2.24) is 9.29 Å². The van der Waals surface area contributed by atoms with Crippen LogP contribution in [0.1, 0.15) is 21.5 Å². The number of hydrogen-bond donors (Lipinski definition) is 0. The van der Waals surface area contributed by atoms with E-state index in [9.17, 15) is 43.9 Å². The normalized spacial score (nSPS) is 12.9. The number of carbonyl (C=O) groups excluding carboxylic acids is 1. The molecule has 13 heteroatoms. The summed E-state index contributed by atoms with van der Waals surface area (Å²) in [6.45, 7) is 0. The van der Waals surface area contributed by atoms with Crippen LogP contribution in [0.2, 0.25) is 0 Å². The number of alkyl halides is 6. The number of aromatic nitrogens is 1. The first-order chi connectivity index (χ1) is 13.2. The summed E-state index contributed by atoms with van der Waals surface area (Å²) in [5.74, 6) is -4.02. The monoisotopic (exact) mass is 442 g/mol. The molecule has 5 nitrogen and oxygen atoms in total. The van der Waals surface area contributed by atoms with E-state index in [0.717, 1.165) is 6.20 Å². The highest BCUT2D eigenvalue weighted by Gasteiger charge is 2.50. The van der Waals surface area contributed by atoms with Gasteiger partial charge < -0.3 is 0 Å². The second-order valence-corrected chi connectivity index (χ2v) is 7.03. The van der Waals surface area contributed by atoms with Crippen LogP contribution in [0.25, 0.3) is 6.08 Å². The molecule has 1 aromatic carbocycles. The molecule has 0 spiro atoms. The third-order valence-electron chi connectivity index (χ3n) is 3.30. The van der Waals surface area contributed by atoms with Crippen molar-refractivity contribution in [2.24, 2.45) is 0 Å². The lowest BCUT2D eigenvalue weighted by molar-refractivity contribution is -0.193. The zero-order chi connectivity index (χ0) is 22.0. The molecule has 0 N–H and O–H groups in total. The van der Waals surface area contributed by atoms with Gasteiger partial charge in [-0.05, 0) is 35.9 Å². The topological polar surface area (TPSA) is 67.3 Å². The summed E-state index contributed by atoms with van der Waals surface area (Å²) in [6, 6.07) is 2.84. The van der Waals surface area contributed by atoms with Crippen molar-refractivity contribution in [3.8, 4) is 0 Å². The maximum Gasteiger partial charge on any atom is 0.501 e. The number of amides is 1. The standard InChI is InChI=1S/C16H9F7N2O3S/c17-11-3-4-12(13(8-11)15(18,19)20)14(26)25(16(21,22)23)29(27,28)7-5-10-2-1-6-24-9-10/h1-9H/b7-5+. The fourth-order valence-electron chi connectivity index (χ4n) is 2.12. The van der Waals surface area contributed by atoms with Crippen molar-refractivity contribution in [3.05, 3.63) is 70.6 Å². The predicted molar refractivity (Wildman–Crippen MR) is 85.8 cm³/mol. The Balaban J connectivity index is 2.57. The van der Waals surface area contributed by atoms with Crippen LogP contribution in [0.15, 0.2) is 48.1 Å². The first-order valence-corrected chi connectivity index (χ1v) is 8.85. The highest BCUT2D eigenvalue weighted by atomic mass is 32.2. The Morgan fingerprint density at radius 2 is 1.72 bits per heavy atom. The summed E-state index contributed by atoms with van der Waals surface area (Å²) >= 11 is 0. The van der Waals surface area contributed by atoms with Crippen molar-refractivity contribution >= 4 is 22.0 Å². The van der Waals surface area contributed by atoms with Gasteiger partial charge in [-0.25, -0.2) is 12.8 Å². The number of benzene rings is 1. The molecule has 2 aromatic rings. The van der Waals surface area contributed by atoms with Crippen LogP contribution in [0.4, 0.5) is 30.7 Å². The Labute approximate surface area is 159 Å². The third-order valence-corrected chi connectivity index (χ3v) is 4.67. The van der Waals surface area contributed by atoms with Crippen LogP contribution in [-0.2, 0) is 16.2 Å². The molecule has 0 saturated carbocycles. The van der Waals surface area contributed by atoms with Gasteiger partial charge in [0, 0.05) is 12.4 Å². The summed E-state index contributed by atoms with van der Waals surface area (Å²) in [5, 5.41) is -0.00775. The molecule has 0 atom stereocenters. The van der Waals surface area contributed by atoms with Crippen LogP contribution in [-0.4, -0.2) is 29.9 Å². The van der Waals surface area contributed by atoms with E-state index in [1.165, 1.54) is 18.3 Å². The minimum absolute atomic E-state index is 0.00775. The average molecular weight is 442 g/mol. The lowest BCUT2D eigenvalue weighted by Crippen LogP contribution is -2.46. The third kappa shape index (κ3) is 5.31. The number of hydrogen-bond acceptors (Lipinski definition) is 4. The van der Waals surface area contributed by atoms with E-state index in [-0.39, 0.29) is 23.1 Å². The predicted octanol–water partition coefficient (Wildman–Crippen LogP) is 4.20. The summed E-state index contributed by atoms with van der Waals surface area (Å²) < 4.78 is 115. The fourth-order valence-corrected chi connectivity index (χ4v) is 3.19. The largest absolute Gasteiger partial charge is 0.501 e. The lowest BCUT2D eigenvalue weighted by Gasteiger charge is -2.24. The molecule has 29 heavy (non-hydrogen) atoms. The number of pyridine rings is 1. The summed E-state index contributed by atoms with van der Waals surface area (Å²) in [5.41, 5.74) is -3.69. The molecule has 0 aliphatic heterocycles. The number of halogens is 7. The quantitative estimate of drug-likeness (QED) is 0.526. The molecule has 156 valence electrons. The molecule has 0 saturated heterocycles. The van der Waals surface area contributed by atoms with Crippen LogP contribution < -0.4 is 0 Å². The van der Waals surface area contributed by atoms with Crippen molar-refractivity contribution < 1.29 is 43.9 Å². The highest BCUT2D eigenvalue weighted by molar-refractivity contribution is 7.92. The van der Waals surface area contributed by atoms with Gasteiger partial charge in [-0.3, -0.25) is 9.78 Å². The Hall–Kier alpha value is -2.96. The van der Waals surface area contributed by atoms with E-state index in [1.54, 1.807) is 0 Å². The van der Waals surface area contributed by atoms with E-state index in [2.05, 4.69) is 4.98 Å². The summed E-state index contributed by atoms with van der Waals surface area (Å²) in [6.07, 6.45) is -8.26. The van der Waals surface area contributed by atoms with Crippen molar-refractivity contribution in [3.63, 3.8) is 0 Å². The molecule has 0 aliphatic rings. The zero-order valence-electron chi connectivity index (χ0n) is 13.9. The number of carbonyl (C=O) groups is 1. The van der Waals surface area contributed by atoms with Crippen LogP contribution in [0.3, 0.4) is 0 Å². The molecule has 2 rings (SSSR count). The van der Waals surface area contributed by atoms with Gasteiger partial charge in [-0.15, -0.1) is 17.5 Å². The average Bonchev–Trinajstić information content (AvgIpc) is 2.58. The molecule has 1 aromatic heterocycles. The maximum absolute atomic E-state index is 13.3. The fraction of sp³-hybridized carbons (Fsp3) is 0.125. The second-order valence-electron chi connectivity index (χ2n) is 5.36. The van der Waals surface area contributed by atoms with Gasteiger partial charge in [0.15, 0.2) is 0 Å². The van der Waals surface area contributed by atoms with Gasteiger partial charge in [-0.2, -0.15) is 13.2 Å². The van der Waals surface area contributed by atoms with Crippen molar-refractivity contribution in [1.29, 1.82) is 0 Å². The van der Waals surface area contributed by atoms with E-state index in [4.69, 9.17) is 0 Å². The van der Waals surface area contributed by atoms with Crippen LogP contribution in [0.5, 0.6) is 0 Å². The summed E-state index contributed by atoms with van der Waals surface area (Å²) in [7, 11) is -5.61. The number of nitrogens with zero attached hydrogens (tertiary/aromatic N) is 2. The second kappa shape index (κ2) is 7.81. The van der Waals surface area contributed by atoms with Gasteiger partial charge in [-0.1, -0.05) is 6.07 Å². The Bertz CT molecular complexity index is 1030. The zero-order valence-corrected chi connectivity index (χ0v) is 14.7. The van der Waals surface area contributed by atoms with E-state index >= 15 is 0 Å². The smallest absolute Gasteiger partial charge is 0.268 e. The first-order valence-electron chi connectivity index (χ1n) is 7.35. The molecule has 0 aliphatic carbocycles. The molecule has 0 bridgehead atoms. The van der Waals surface area contributed by atoms with Gasteiger partial charge in [0.25, 0.3) is 15.9 Å². The first kappa shape index (κ1) is 22.3. The Kier molecular flexibility index (Phi) is 6.02. The lowest BCUT2D eigenvalue weighted by atomic mass is 10.1. The van der Waals surface area contributed by atoms with Gasteiger partial charge in [0.2, 0.25) is 0 Å². The van der Waals surface area contributed by atoms with E-state index in [0.29, 0.717) is 12.1 Å². The van der Waals surface area contributed by atoms with E-state index < -0.39 is 49.7 Å². The molecule has 0 fully saturated rings. The van der Waals surface area contributed by atoms with Crippen LogP contribution >= 0.6 is 0 Å².